The van der Waals surface area contributed by atoms with Crippen LogP contribution in [0.15, 0.2) is 42.5 Å². The third kappa shape index (κ3) is 3.51. The molecule has 2 aromatic rings. The lowest BCUT2D eigenvalue weighted by molar-refractivity contribution is 0.414. The van der Waals surface area contributed by atoms with Gasteiger partial charge in [0.2, 0.25) is 0 Å². The Morgan fingerprint density at radius 3 is 2.52 bits per heavy atom. The van der Waals surface area contributed by atoms with Crippen molar-refractivity contribution in [3.63, 3.8) is 0 Å². The van der Waals surface area contributed by atoms with E-state index in [0.29, 0.717) is 0 Å². The number of ether oxygens (including phenoxy) is 1. The molecule has 1 N–H and O–H groups in total. The number of rotatable bonds is 5. The number of methoxy groups -OCH3 is 1. The number of benzene rings is 2. The first-order chi connectivity index (χ1) is 10.2. The van der Waals surface area contributed by atoms with E-state index < -0.39 is 5.82 Å². The lowest BCUT2D eigenvalue weighted by Crippen LogP contribution is -2.10. The van der Waals surface area contributed by atoms with Crippen molar-refractivity contribution >= 4 is 5.69 Å². The largest absolute Gasteiger partial charge is 0.497 e. The summed E-state index contributed by atoms with van der Waals surface area (Å²) >= 11 is 0. The first-order valence-corrected chi connectivity index (χ1v) is 6.78. The molecule has 0 saturated heterocycles. The van der Waals surface area contributed by atoms with E-state index in [1.54, 1.807) is 13.2 Å². The summed E-state index contributed by atoms with van der Waals surface area (Å²) in [5, 5.41) is 12.2. The van der Waals surface area contributed by atoms with Gasteiger partial charge in [-0.15, -0.1) is 0 Å². The Balaban J connectivity index is 2.20. The van der Waals surface area contributed by atoms with Gasteiger partial charge in [0, 0.05) is 5.69 Å². The van der Waals surface area contributed by atoms with Crippen molar-refractivity contribution in [1.82, 2.24) is 0 Å². The number of hydrogen-bond donors (Lipinski definition) is 1. The molecule has 0 amide bonds. The number of hydrogen-bond acceptors (Lipinski definition) is 3. The number of nitriles is 1. The summed E-state index contributed by atoms with van der Waals surface area (Å²) in [7, 11) is 1.63. The van der Waals surface area contributed by atoms with Crippen molar-refractivity contribution in [1.29, 1.82) is 5.26 Å². The van der Waals surface area contributed by atoms with Crippen LogP contribution in [0.1, 0.15) is 30.5 Å². The number of halogens is 1. The second-order valence-corrected chi connectivity index (χ2v) is 4.68. The SMILES string of the molecule is CCC(Nc1ccc(F)c(C#N)c1)c1ccc(OC)cc1. The molecule has 4 heteroatoms. The van der Waals surface area contributed by atoms with Crippen LogP contribution in [0.5, 0.6) is 5.75 Å². The van der Waals surface area contributed by atoms with Crippen LogP contribution in [-0.2, 0) is 0 Å². The van der Waals surface area contributed by atoms with Gasteiger partial charge in [-0.25, -0.2) is 4.39 Å². The Morgan fingerprint density at radius 2 is 1.95 bits per heavy atom. The molecule has 2 aromatic carbocycles. The molecule has 2 rings (SSSR count). The minimum absolute atomic E-state index is 0.0459. The van der Waals surface area contributed by atoms with Crippen LogP contribution in [-0.4, -0.2) is 7.11 Å². The van der Waals surface area contributed by atoms with Gasteiger partial charge in [0.15, 0.2) is 0 Å². The van der Waals surface area contributed by atoms with E-state index in [1.807, 2.05) is 30.3 Å². The van der Waals surface area contributed by atoms with Crippen molar-refractivity contribution < 1.29 is 9.13 Å². The lowest BCUT2D eigenvalue weighted by Gasteiger charge is -2.19. The van der Waals surface area contributed by atoms with Crippen LogP contribution >= 0.6 is 0 Å². The van der Waals surface area contributed by atoms with Crippen LogP contribution in [0, 0.1) is 17.1 Å². The predicted molar refractivity (Wildman–Crippen MR) is 80.8 cm³/mol. The highest BCUT2D eigenvalue weighted by atomic mass is 19.1. The molecule has 1 unspecified atom stereocenters. The van der Waals surface area contributed by atoms with Crippen LogP contribution in [0.2, 0.25) is 0 Å². The average Bonchev–Trinajstić information content (AvgIpc) is 2.54. The van der Waals surface area contributed by atoms with Gasteiger partial charge in [0.05, 0.1) is 18.7 Å². The Labute approximate surface area is 124 Å². The molecule has 0 saturated carbocycles. The Bertz CT molecular complexity index is 647. The van der Waals surface area contributed by atoms with Gasteiger partial charge in [0.25, 0.3) is 0 Å². The van der Waals surface area contributed by atoms with Crippen LogP contribution in [0.25, 0.3) is 0 Å². The van der Waals surface area contributed by atoms with Crippen LogP contribution < -0.4 is 10.1 Å². The molecule has 0 spiro atoms. The summed E-state index contributed by atoms with van der Waals surface area (Å²) < 4.78 is 18.5. The van der Waals surface area contributed by atoms with E-state index in [4.69, 9.17) is 10.00 Å². The third-order valence-corrected chi connectivity index (χ3v) is 3.35. The smallest absolute Gasteiger partial charge is 0.141 e. The van der Waals surface area contributed by atoms with Gasteiger partial charge < -0.3 is 10.1 Å². The molecule has 0 radical (unpaired) electrons. The third-order valence-electron chi connectivity index (χ3n) is 3.35. The molecule has 0 aliphatic rings. The normalized spacial score (nSPS) is 11.5. The highest BCUT2D eigenvalue weighted by Crippen LogP contribution is 2.25. The number of nitrogens with one attached hydrogen (secondary N) is 1. The number of nitrogens with zero attached hydrogens (tertiary/aromatic N) is 1. The standard InChI is InChI=1S/C17H17FN2O/c1-3-17(12-4-7-15(21-2)8-5-12)20-14-6-9-16(18)13(10-14)11-19/h4-10,17,20H,3H2,1-2H3. The monoisotopic (exact) mass is 284 g/mol. The van der Waals surface area contributed by atoms with Crippen molar-refractivity contribution in [3.05, 3.63) is 59.4 Å². The van der Waals surface area contributed by atoms with Gasteiger partial charge in [-0.05, 0) is 42.3 Å². The zero-order valence-corrected chi connectivity index (χ0v) is 12.1. The Kier molecular flexibility index (Phi) is 4.78. The summed E-state index contributed by atoms with van der Waals surface area (Å²) in [6.07, 6.45) is 0.867. The summed E-state index contributed by atoms with van der Waals surface area (Å²) in [6, 6.07) is 14.2. The molecule has 0 bridgehead atoms. The zero-order chi connectivity index (χ0) is 15.2. The fourth-order valence-corrected chi connectivity index (χ4v) is 2.16. The van der Waals surface area contributed by atoms with Crippen molar-refractivity contribution in [2.45, 2.75) is 19.4 Å². The van der Waals surface area contributed by atoms with Gasteiger partial charge in [-0.1, -0.05) is 19.1 Å². The molecule has 108 valence electrons. The van der Waals surface area contributed by atoms with Crippen LogP contribution in [0.3, 0.4) is 0 Å². The van der Waals surface area contributed by atoms with E-state index in [2.05, 4.69) is 12.2 Å². The highest BCUT2D eigenvalue weighted by Gasteiger charge is 2.10. The van der Waals surface area contributed by atoms with Crippen molar-refractivity contribution in [2.24, 2.45) is 0 Å². The summed E-state index contributed by atoms with van der Waals surface area (Å²) in [5.74, 6) is 0.308. The molecule has 0 heterocycles. The zero-order valence-electron chi connectivity index (χ0n) is 12.1. The van der Waals surface area contributed by atoms with Gasteiger partial charge in [0.1, 0.15) is 17.6 Å². The van der Waals surface area contributed by atoms with Gasteiger partial charge >= 0.3 is 0 Å². The molecule has 0 aliphatic carbocycles. The minimum atomic E-state index is -0.499. The maximum Gasteiger partial charge on any atom is 0.141 e. The fourth-order valence-electron chi connectivity index (χ4n) is 2.16. The fraction of sp³-hybridized carbons (Fsp3) is 0.235. The van der Waals surface area contributed by atoms with E-state index in [0.717, 1.165) is 23.4 Å². The molecular weight excluding hydrogens is 267 g/mol. The highest BCUT2D eigenvalue weighted by molar-refractivity contribution is 5.51. The molecule has 1 atom stereocenters. The van der Waals surface area contributed by atoms with E-state index >= 15 is 0 Å². The van der Waals surface area contributed by atoms with Crippen molar-refractivity contribution in [3.8, 4) is 11.8 Å². The molecule has 21 heavy (non-hydrogen) atoms. The first-order valence-electron chi connectivity index (χ1n) is 6.78. The molecule has 0 fully saturated rings. The molecule has 3 nitrogen and oxygen atoms in total. The summed E-state index contributed by atoms with van der Waals surface area (Å²) in [4.78, 5) is 0. The minimum Gasteiger partial charge on any atom is -0.497 e. The molecular formula is C17H17FN2O. The second-order valence-electron chi connectivity index (χ2n) is 4.68. The van der Waals surface area contributed by atoms with Crippen molar-refractivity contribution in [2.75, 3.05) is 12.4 Å². The predicted octanol–water partition coefficient (Wildman–Crippen LogP) is 4.27. The quantitative estimate of drug-likeness (QED) is 0.891. The summed E-state index contributed by atoms with van der Waals surface area (Å²) in [5.41, 5.74) is 1.89. The maximum atomic E-state index is 13.3. The van der Waals surface area contributed by atoms with E-state index in [9.17, 15) is 4.39 Å². The maximum absolute atomic E-state index is 13.3. The van der Waals surface area contributed by atoms with Crippen LogP contribution in [0.4, 0.5) is 10.1 Å². The summed E-state index contributed by atoms with van der Waals surface area (Å²) in [6.45, 7) is 2.07. The van der Waals surface area contributed by atoms with Gasteiger partial charge in [-0.2, -0.15) is 5.26 Å². The Morgan fingerprint density at radius 1 is 1.24 bits per heavy atom. The number of anilines is 1. The van der Waals surface area contributed by atoms with E-state index in [-0.39, 0.29) is 11.6 Å². The average molecular weight is 284 g/mol. The molecule has 0 aromatic heterocycles. The lowest BCUT2D eigenvalue weighted by atomic mass is 10.0. The van der Waals surface area contributed by atoms with Gasteiger partial charge in [-0.3, -0.25) is 0 Å². The van der Waals surface area contributed by atoms with E-state index in [1.165, 1.54) is 12.1 Å². The second kappa shape index (κ2) is 6.76. The first kappa shape index (κ1) is 14.9. The topological polar surface area (TPSA) is 45.0 Å². The Hall–Kier alpha value is -2.54. The molecule has 0 aliphatic heterocycles.